The zero-order valence-corrected chi connectivity index (χ0v) is 10.4. The average Bonchev–Trinajstić information content (AvgIpc) is 2.79. The van der Waals surface area contributed by atoms with Crippen molar-refractivity contribution >= 4 is 0 Å². The van der Waals surface area contributed by atoms with E-state index in [1.54, 1.807) is 0 Å². The van der Waals surface area contributed by atoms with E-state index in [4.69, 9.17) is 0 Å². The molecule has 14 heavy (non-hydrogen) atoms. The molecule has 0 aromatic carbocycles. The monoisotopic (exact) mass is 196 g/mol. The van der Waals surface area contributed by atoms with Crippen LogP contribution in [0.25, 0.3) is 0 Å². The third-order valence-corrected chi connectivity index (χ3v) is 2.38. The summed E-state index contributed by atoms with van der Waals surface area (Å²) < 4.78 is 0. The van der Waals surface area contributed by atoms with E-state index in [1.165, 1.54) is 29.8 Å². The van der Waals surface area contributed by atoms with Crippen molar-refractivity contribution in [1.29, 1.82) is 0 Å². The number of H-pyrrole nitrogens is 1. The predicted octanol–water partition coefficient (Wildman–Crippen LogP) is 3.82. The van der Waals surface area contributed by atoms with Crippen LogP contribution in [0.1, 0.15) is 63.9 Å². The molecule has 1 aliphatic carbocycles. The summed E-state index contributed by atoms with van der Waals surface area (Å²) in [7, 11) is 0. The Morgan fingerprint density at radius 3 is 2.29 bits per heavy atom. The van der Waals surface area contributed by atoms with Crippen LogP contribution in [0.2, 0.25) is 0 Å². The SMILES string of the molecule is CC.CC.Cc1[nH]nc2c1C(C)CC2. The van der Waals surface area contributed by atoms with Crippen LogP contribution in [0.3, 0.4) is 0 Å². The standard InChI is InChI=1S/C8H12N2.2C2H6/c1-5-3-4-7-8(5)6(2)9-10-7;2*1-2/h5H,3-4H2,1-2H3,(H,9,10);2*1-2H3. The molecule has 0 spiro atoms. The summed E-state index contributed by atoms with van der Waals surface area (Å²) in [6, 6.07) is 0. The van der Waals surface area contributed by atoms with Gasteiger partial charge in [0.25, 0.3) is 0 Å². The Hall–Kier alpha value is -0.790. The second kappa shape index (κ2) is 6.63. The van der Waals surface area contributed by atoms with Crippen LogP contribution < -0.4 is 0 Å². The minimum absolute atomic E-state index is 0.730. The van der Waals surface area contributed by atoms with Crippen molar-refractivity contribution in [3.05, 3.63) is 17.0 Å². The smallest absolute Gasteiger partial charge is 0.0659 e. The van der Waals surface area contributed by atoms with Gasteiger partial charge in [0.05, 0.1) is 5.69 Å². The Balaban J connectivity index is 0.000000379. The lowest BCUT2D eigenvalue weighted by Gasteiger charge is -1.99. The second-order valence-corrected chi connectivity index (χ2v) is 3.15. The quantitative estimate of drug-likeness (QED) is 0.671. The first-order valence-corrected chi connectivity index (χ1v) is 5.83. The molecule has 0 amide bonds. The number of aryl methyl sites for hydroxylation is 2. The van der Waals surface area contributed by atoms with Crippen molar-refractivity contribution in [2.75, 3.05) is 0 Å². The van der Waals surface area contributed by atoms with Crippen molar-refractivity contribution in [3.63, 3.8) is 0 Å². The minimum Gasteiger partial charge on any atom is -0.282 e. The van der Waals surface area contributed by atoms with E-state index in [1.807, 2.05) is 27.7 Å². The molecular weight excluding hydrogens is 172 g/mol. The van der Waals surface area contributed by atoms with E-state index >= 15 is 0 Å². The second-order valence-electron chi connectivity index (χ2n) is 3.15. The molecule has 1 atom stereocenters. The van der Waals surface area contributed by atoms with Gasteiger partial charge in [-0.15, -0.1) is 0 Å². The molecule has 0 fully saturated rings. The number of aromatic amines is 1. The largest absolute Gasteiger partial charge is 0.282 e. The lowest BCUT2D eigenvalue weighted by Crippen LogP contribution is -1.87. The highest BCUT2D eigenvalue weighted by molar-refractivity contribution is 5.32. The van der Waals surface area contributed by atoms with E-state index in [0.717, 1.165) is 5.92 Å². The summed E-state index contributed by atoms with van der Waals surface area (Å²) in [5.74, 6) is 0.730. The molecule has 1 aliphatic rings. The van der Waals surface area contributed by atoms with Gasteiger partial charge in [-0.2, -0.15) is 5.10 Å². The number of hydrogen-bond acceptors (Lipinski definition) is 1. The molecular formula is C12H24N2. The van der Waals surface area contributed by atoms with Crippen LogP contribution in [0, 0.1) is 6.92 Å². The number of nitrogens with zero attached hydrogens (tertiary/aromatic N) is 1. The Kier molecular flexibility index (Phi) is 6.26. The van der Waals surface area contributed by atoms with Crippen LogP contribution in [-0.2, 0) is 6.42 Å². The van der Waals surface area contributed by atoms with E-state index in [2.05, 4.69) is 24.0 Å². The minimum atomic E-state index is 0.730. The summed E-state index contributed by atoms with van der Waals surface area (Å²) in [6.45, 7) is 12.4. The Bertz CT molecular complexity index is 251. The lowest BCUT2D eigenvalue weighted by atomic mass is 10.1. The van der Waals surface area contributed by atoms with Gasteiger partial charge in [-0.3, -0.25) is 5.10 Å². The van der Waals surface area contributed by atoms with E-state index in [0.29, 0.717) is 0 Å². The van der Waals surface area contributed by atoms with Crippen LogP contribution in [0.4, 0.5) is 0 Å². The molecule has 2 heteroatoms. The molecule has 0 radical (unpaired) electrons. The van der Waals surface area contributed by atoms with E-state index in [9.17, 15) is 0 Å². The van der Waals surface area contributed by atoms with Crippen LogP contribution in [0.5, 0.6) is 0 Å². The van der Waals surface area contributed by atoms with Crippen molar-refractivity contribution < 1.29 is 0 Å². The number of aromatic nitrogens is 2. The van der Waals surface area contributed by atoms with Gasteiger partial charge in [-0.05, 0) is 31.2 Å². The molecule has 1 unspecified atom stereocenters. The number of fused-ring (bicyclic) bond motifs is 1. The fraction of sp³-hybridized carbons (Fsp3) is 0.750. The fourth-order valence-corrected chi connectivity index (χ4v) is 1.83. The van der Waals surface area contributed by atoms with E-state index in [-0.39, 0.29) is 0 Å². The number of hydrogen-bond donors (Lipinski definition) is 1. The van der Waals surface area contributed by atoms with Gasteiger partial charge in [0, 0.05) is 5.69 Å². The predicted molar refractivity (Wildman–Crippen MR) is 62.8 cm³/mol. The normalized spacial score (nSPS) is 17.4. The fourth-order valence-electron chi connectivity index (χ4n) is 1.83. The molecule has 0 saturated heterocycles. The van der Waals surface area contributed by atoms with Crippen molar-refractivity contribution in [2.24, 2.45) is 0 Å². The molecule has 2 rings (SSSR count). The Morgan fingerprint density at radius 2 is 1.79 bits per heavy atom. The van der Waals surface area contributed by atoms with Gasteiger partial charge in [-0.25, -0.2) is 0 Å². The van der Waals surface area contributed by atoms with Crippen molar-refractivity contribution in [2.45, 2.75) is 60.3 Å². The van der Waals surface area contributed by atoms with Gasteiger partial charge in [0.2, 0.25) is 0 Å². The topological polar surface area (TPSA) is 28.7 Å². The highest BCUT2D eigenvalue weighted by Gasteiger charge is 2.22. The maximum absolute atomic E-state index is 4.22. The third-order valence-electron chi connectivity index (χ3n) is 2.38. The van der Waals surface area contributed by atoms with Crippen LogP contribution in [-0.4, -0.2) is 10.2 Å². The van der Waals surface area contributed by atoms with Gasteiger partial charge >= 0.3 is 0 Å². The van der Waals surface area contributed by atoms with Gasteiger partial charge < -0.3 is 0 Å². The maximum atomic E-state index is 4.22. The molecule has 1 aromatic rings. The first-order valence-electron chi connectivity index (χ1n) is 5.83. The zero-order chi connectivity index (χ0) is 11.1. The van der Waals surface area contributed by atoms with Crippen molar-refractivity contribution in [1.82, 2.24) is 10.2 Å². The highest BCUT2D eigenvalue weighted by Crippen LogP contribution is 2.32. The third kappa shape index (κ3) is 2.60. The Labute approximate surface area is 88.1 Å². The first kappa shape index (κ1) is 13.2. The summed E-state index contributed by atoms with van der Waals surface area (Å²) in [4.78, 5) is 0. The van der Waals surface area contributed by atoms with Gasteiger partial charge in [0.1, 0.15) is 0 Å². The molecule has 0 aliphatic heterocycles. The number of rotatable bonds is 0. The highest BCUT2D eigenvalue weighted by atomic mass is 15.1. The molecule has 1 N–H and O–H groups in total. The van der Waals surface area contributed by atoms with Gasteiger partial charge in [0.15, 0.2) is 0 Å². The maximum Gasteiger partial charge on any atom is 0.0659 e. The Morgan fingerprint density at radius 1 is 1.21 bits per heavy atom. The molecule has 1 aromatic heterocycles. The summed E-state index contributed by atoms with van der Waals surface area (Å²) in [5.41, 5.74) is 4.03. The zero-order valence-electron chi connectivity index (χ0n) is 10.4. The van der Waals surface area contributed by atoms with Gasteiger partial charge in [-0.1, -0.05) is 34.6 Å². The molecule has 0 saturated carbocycles. The summed E-state index contributed by atoms with van der Waals surface area (Å²) in [5, 5.41) is 7.24. The molecule has 82 valence electrons. The lowest BCUT2D eigenvalue weighted by molar-refractivity contribution is 0.728. The molecule has 1 heterocycles. The van der Waals surface area contributed by atoms with Crippen LogP contribution >= 0.6 is 0 Å². The van der Waals surface area contributed by atoms with E-state index < -0.39 is 0 Å². The number of nitrogens with one attached hydrogen (secondary N) is 1. The summed E-state index contributed by atoms with van der Waals surface area (Å²) >= 11 is 0. The molecule has 2 nitrogen and oxygen atoms in total. The van der Waals surface area contributed by atoms with Crippen LogP contribution in [0.15, 0.2) is 0 Å². The van der Waals surface area contributed by atoms with Crippen molar-refractivity contribution in [3.8, 4) is 0 Å². The first-order chi connectivity index (χ1) is 6.79. The average molecular weight is 196 g/mol. The molecule has 0 bridgehead atoms. The summed E-state index contributed by atoms with van der Waals surface area (Å²) in [6.07, 6.45) is 2.45.